The van der Waals surface area contributed by atoms with E-state index in [4.69, 9.17) is 4.74 Å². The maximum absolute atomic E-state index is 13.0. The highest BCUT2D eigenvalue weighted by Crippen LogP contribution is 2.18. The lowest BCUT2D eigenvalue weighted by Crippen LogP contribution is -2.43. The van der Waals surface area contributed by atoms with Gasteiger partial charge in [-0.2, -0.15) is 0 Å². The fourth-order valence-corrected chi connectivity index (χ4v) is 4.48. The summed E-state index contributed by atoms with van der Waals surface area (Å²) in [5.41, 5.74) is 2.47. The van der Waals surface area contributed by atoms with Gasteiger partial charge in [-0.15, -0.1) is 0 Å². The number of aryl methyl sites for hydroxylation is 1. The van der Waals surface area contributed by atoms with Crippen LogP contribution in [0.25, 0.3) is 0 Å². The first-order valence-corrected chi connectivity index (χ1v) is 11.6. The fourth-order valence-electron chi connectivity index (χ4n) is 3.39. The molecular formula is C22H29N3O4S. The van der Waals surface area contributed by atoms with Crippen LogP contribution in [-0.4, -0.2) is 58.6 Å². The third-order valence-corrected chi connectivity index (χ3v) is 6.61. The summed E-state index contributed by atoms with van der Waals surface area (Å²) < 4.78 is 32.4. The van der Waals surface area contributed by atoms with Crippen molar-refractivity contribution in [1.82, 2.24) is 14.9 Å². The van der Waals surface area contributed by atoms with Crippen LogP contribution in [0.5, 0.6) is 0 Å². The molecule has 2 N–H and O–H groups in total. The molecule has 0 bridgehead atoms. The third kappa shape index (κ3) is 5.89. The number of hydrogen-bond acceptors (Lipinski definition) is 5. The summed E-state index contributed by atoms with van der Waals surface area (Å²) in [5, 5.41) is 3.09. The van der Waals surface area contributed by atoms with E-state index in [-0.39, 0.29) is 23.4 Å². The highest BCUT2D eigenvalue weighted by molar-refractivity contribution is 7.89. The average Bonchev–Trinajstić information content (AvgIpc) is 2.74. The molecule has 0 aromatic heterocycles. The lowest BCUT2D eigenvalue weighted by atomic mass is 10.0. The van der Waals surface area contributed by atoms with Gasteiger partial charge in [0.05, 0.1) is 24.2 Å². The van der Waals surface area contributed by atoms with Gasteiger partial charge in [0, 0.05) is 31.7 Å². The summed E-state index contributed by atoms with van der Waals surface area (Å²) in [6.07, 6.45) is 0. The van der Waals surface area contributed by atoms with Crippen LogP contribution in [0.4, 0.5) is 0 Å². The molecule has 30 heavy (non-hydrogen) atoms. The zero-order valence-electron chi connectivity index (χ0n) is 17.4. The van der Waals surface area contributed by atoms with E-state index in [0.717, 1.165) is 24.2 Å². The minimum Gasteiger partial charge on any atom is -0.379 e. The molecule has 1 atom stereocenters. The Balaban J connectivity index is 1.81. The molecule has 1 fully saturated rings. The molecule has 1 amide bonds. The number of sulfonamides is 1. The molecule has 8 heteroatoms. The normalized spacial score (nSPS) is 16.2. The zero-order chi connectivity index (χ0) is 21.6. The molecule has 2 aromatic rings. The van der Waals surface area contributed by atoms with Crippen molar-refractivity contribution in [2.75, 3.05) is 39.4 Å². The number of nitrogens with zero attached hydrogens (tertiary/aromatic N) is 1. The Hall–Kier alpha value is -2.26. The number of ether oxygens (including phenoxy) is 1. The number of hydrogen-bond donors (Lipinski definition) is 2. The van der Waals surface area contributed by atoms with Crippen molar-refractivity contribution in [3.8, 4) is 0 Å². The Morgan fingerprint density at radius 3 is 2.50 bits per heavy atom. The van der Waals surface area contributed by atoms with Gasteiger partial charge in [-0.3, -0.25) is 9.69 Å². The van der Waals surface area contributed by atoms with E-state index >= 15 is 0 Å². The average molecular weight is 432 g/mol. The Bertz CT molecular complexity index is 955. The molecule has 3 rings (SSSR count). The molecule has 1 heterocycles. The van der Waals surface area contributed by atoms with E-state index < -0.39 is 10.0 Å². The SMILES string of the molecule is CCNS(=O)(=O)c1cccc(C(=O)NC(CN2CCOCC2)c2ccc(C)cc2)c1. The van der Waals surface area contributed by atoms with Crippen LogP contribution >= 0.6 is 0 Å². The highest BCUT2D eigenvalue weighted by Gasteiger charge is 2.22. The van der Waals surface area contributed by atoms with Crippen LogP contribution in [0.1, 0.15) is 34.5 Å². The van der Waals surface area contributed by atoms with Crippen molar-refractivity contribution >= 4 is 15.9 Å². The predicted molar refractivity (Wildman–Crippen MR) is 116 cm³/mol. The molecule has 0 saturated carbocycles. The molecule has 2 aromatic carbocycles. The first-order chi connectivity index (χ1) is 14.4. The first kappa shape index (κ1) is 22.4. The van der Waals surface area contributed by atoms with Crippen molar-refractivity contribution in [2.24, 2.45) is 0 Å². The number of carbonyl (C=O) groups excluding carboxylic acids is 1. The fraction of sp³-hybridized carbons (Fsp3) is 0.409. The predicted octanol–water partition coefficient (Wildman–Crippen LogP) is 2.10. The largest absolute Gasteiger partial charge is 0.379 e. The van der Waals surface area contributed by atoms with Crippen molar-refractivity contribution in [3.63, 3.8) is 0 Å². The summed E-state index contributed by atoms with van der Waals surface area (Å²) in [4.78, 5) is 15.3. The van der Waals surface area contributed by atoms with Crippen molar-refractivity contribution < 1.29 is 17.9 Å². The second-order valence-corrected chi connectivity index (χ2v) is 9.15. The molecule has 0 radical (unpaired) electrons. The summed E-state index contributed by atoms with van der Waals surface area (Å²) >= 11 is 0. The number of nitrogens with one attached hydrogen (secondary N) is 2. The summed E-state index contributed by atoms with van der Waals surface area (Å²) in [7, 11) is -3.63. The van der Waals surface area contributed by atoms with E-state index in [1.165, 1.54) is 12.1 Å². The van der Waals surface area contributed by atoms with Gasteiger partial charge in [0.25, 0.3) is 5.91 Å². The molecular weight excluding hydrogens is 402 g/mol. The second-order valence-electron chi connectivity index (χ2n) is 7.38. The van der Waals surface area contributed by atoms with E-state index in [2.05, 4.69) is 14.9 Å². The number of rotatable bonds is 8. The van der Waals surface area contributed by atoms with Crippen LogP contribution in [0.3, 0.4) is 0 Å². The second kappa shape index (κ2) is 10.2. The molecule has 1 aliphatic heterocycles. The quantitative estimate of drug-likeness (QED) is 0.668. The summed E-state index contributed by atoms with van der Waals surface area (Å²) in [6, 6.07) is 14.0. The van der Waals surface area contributed by atoms with E-state index in [1.54, 1.807) is 19.1 Å². The van der Waals surface area contributed by atoms with Crippen molar-refractivity contribution in [2.45, 2.75) is 24.8 Å². The zero-order valence-corrected chi connectivity index (χ0v) is 18.2. The summed E-state index contributed by atoms with van der Waals surface area (Å²) in [5.74, 6) is -0.303. The van der Waals surface area contributed by atoms with Gasteiger partial charge in [0.2, 0.25) is 10.0 Å². The smallest absolute Gasteiger partial charge is 0.251 e. The Kier molecular flexibility index (Phi) is 7.60. The monoisotopic (exact) mass is 431 g/mol. The molecule has 1 saturated heterocycles. The maximum Gasteiger partial charge on any atom is 0.251 e. The molecule has 0 aliphatic carbocycles. The number of amides is 1. The molecule has 162 valence electrons. The molecule has 0 spiro atoms. The Morgan fingerprint density at radius 1 is 1.13 bits per heavy atom. The molecule has 1 aliphatic rings. The Labute approximate surface area is 178 Å². The van der Waals surface area contributed by atoms with Crippen LogP contribution in [0, 0.1) is 6.92 Å². The van der Waals surface area contributed by atoms with Crippen LogP contribution in [-0.2, 0) is 14.8 Å². The number of morpholine rings is 1. The van der Waals surface area contributed by atoms with Gasteiger partial charge in [-0.1, -0.05) is 42.8 Å². The molecule has 1 unspecified atom stereocenters. The molecule has 7 nitrogen and oxygen atoms in total. The Morgan fingerprint density at radius 2 is 1.83 bits per heavy atom. The van der Waals surface area contributed by atoms with Gasteiger partial charge in [-0.25, -0.2) is 13.1 Å². The van der Waals surface area contributed by atoms with E-state index in [0.29, 0.717) is 25.3 Å². The minimum absolute atomic E-state index is 0.0806. The standard InChI is InChI=1S/C22H29N3O4S/c1-3-23-30(27,28)20-6-4-5-19(15-20)22(26)24-21(16-25-11-13-29-14-12-25)18-9-7-17(2)8-10-18/h4-10,15,21,23H,3,11-14,16H2,1-2H3,(H,24,26). The van der Waals surface area contributed by atoms with Gasteiger partial charge < -0.3 is 10.1 Å². The number of benzene rings is 2. The maximum atomic E-state index is 13.0. The van der Waals surface area contributed by atoms with Gasteiger partial charge >= 0.3 is 0 Å². The van der Waals surface area contributed by atoms with Gasteiger partial charge in [-0.05, 0) is 30.7 Å². The van der Waals surface area contributed by atoms with E-state index in [1.807, 2.05) is 31.2 Å². The lowest BCUT2D eigenvalue weighted by molar-refractivity contribution is 0.0332. The lowest BCUT2D eigenvalue weighted by Gasteiger charge is -2.31. The highest BCUT2D eigenvalue weighted by atomic mass is 32.2. The van der Waals surface area contributed by atoms with Crippen molar-refractivity contribution in [3.05, 3.63) is 65.2 Å². The summed E-state index contributed by atoms with van der Waals surface area (Å²) in [6.45, 7) is 7.67. The van der Waals surface area contributed by atoms with E-state index in [9.17, 15) is 13.2 Å². The van der Waals surface area contributed by atoms with Crippen LogP contribution < -0.4 is 10.0 Å². The van der Waals surface area contributed by atoms with Gasteiger partial charge in [0.1, 0.15) is 0 Å². The van der Waals surface area contributed by atoms with Crippen molar-refractivity contribution in [1.29, 1.82) is 0 Å². The van der Waals surface area contributed by atoms with Crippen LogP contribution in [0.2, 0.25) is 0 Å². The van der Waals surface area contributed by atoms with Crippen LogP contribution in [0.15, 0.2) is 53.4 Å². The van der Waals surface area contributed by atoms with Gasteiger partial charge in [0.15, 0.2) is 0 Å². The topological polar surface area (TPSA) is 87.7 Å². The third-order valence-electron chi connectivity index (χ3n) is 5.07. The first-order valence-electron chi connectivity index (χ1n) is 10.2. The number of carbonyl (C=O) groups is 1. The minimum atomic E-state index is -3.63.